The quantitative estimate of drug-likeness (QED) is 0.723. The Morgan fingerprint density at radius 3 is 2.50 bits per heavy atom. The Morgan fingerprint density at radius 1 is 1.07 bits per heavy atom. The van der Waals surface area contributed by atoms with Gasteiger partial charge in [0.2, 0.25) is 0 Å². The van der Waals surface area contributed by atoms with Gasteiger partial charge in [-0.25, -0.2) is 0 Å². The number of nitrogens with zero attached hydrogens (tertiary/aromatic N) is 1. The van der Waals surface area contributed by atoms with Crippen LogP contribution in [0.1, 0.15) is 5.56 Å². The third kappa shape index (κ3) is 1.85. The molecule has 0 saturated heterocycles. The fourth-order valence-electron chi connectivity index (χ4n) is 1.34. The van der Waals surface area contributed by atoms with Crippen molar-refractivity contribution in [2.45, 2.75) is 16.8 Å². The maximum atomic E-state index is 2.16. The molecule has 2 rings (SSSR count). The van der Waals surface area contributed by atoms with Crippen LogP contribution in [0.15, 0.2) is 52.5 Å². The molecule has 1 aromatic heterocycles. The van der Waals surface area contributed by atoms with Crippen molar-refractivity contribution in [3.05, 3.63) is 48.2 Å². The second-order valence-electron chi connectivity index (χ2n) is 3.32. The summed E-state index contributed by atoms with van der Waals surface area (Å²) in [6, 6.07) is 12.7. The molecular formula is C12H13NS. The van der Waals surface area contributed by atoms with Crippen LogP contribution in [-0.4, -0.2) is 4.57 Å². The van der Waals surface area contributed by atoms with Gasteiger partial charge in [0.15, 0.2) is 0 Å². The van der Waals surface area contributed by atoms with E-state index in [9.17, 15) is 0 Å². The molecule has 1 aromatic carbocycles. The number of hydrogen-bond acceptors (Lipinski definition) is 1. The van der Waals surface area contributed by atoms with Gasteiger partial charge >= 0.3 is 0 Å². The van der Waals surface area contributed by atoms with Crippen LogP contribution in [0.4, 0.5) is 0 Å². The van der Waals surface area contributed by atoms with E-state index in [0.717, 1.165) is 0 Å². The highest BCUT2D eigenvalue weighted by molar-refractivity contribution is 7.99. The molecule has 2 aromatic rings. The normalized spacial score (nSPS) is 10.4. The monoisotopic (exact) mass is 203 g/mol. The van der Waals surface area contributed by atoms with Crippen LogP contribution >= 0.6 is 11.8 Å². The van der Waals surface area contributed by atoms with Crippen LogP contribution < -0.4 is 0 Å². The summed E-state index contributed by atoms with van der Waals surface area (Å²) in [6.07, 6.45) is 2.07. The molecule has 0 N–H and O–H groups in total. The first kappa shape index (κ1) is 9.41. The van der Waals surface area contributed by atoms with Crippen molar-refractivity contribution in [3.63, 3.8) is 0 Å². The first-order chi connectivity index (χ1) is 6.77. The van der Waals surface area contributed by atoms with E-state index >= 15 is 0 Å². The van der Waals surface area contributed by atoms with E-state index in [-0.39, 0.29) is 0 Å². The van der Waals surface area contributed by atoms with Gasteiger partial charge < -0.3 is 4.57 Å². The molecule has 2 heteroatoms. The topological polar surface area (TPSA) is 4.93 Å². The Hall–Kier alpha value is -1.15. The van der Waals surface area contributed by atoms with E-state index in [0.29, 0.717) is 0 Å². The van der Waals surface area contributed by atoms with E-state index in [1.54, 1.807) is 0 Å². The molecule has 1 nitrogen and oxygen atoms in total. The Bertz CT molecular complexity index is 431. The van der Waals surface area contributed by atoms with Gasteiger partial charge in [-0.1, -0.05) is 30.0 Å². The highest BCUT2D eigenvalue weighted by Crippen LogP contribution is 2.29. The predicted octanol–water partition coefficient (Wildman–Crippen LogP) is 3.48. The second-order valence-corrected chi connectivity index (χ2v) is 4.39. The minimum Gasteiger partial charge on any atom is -0.346 e. The molecular weight excluding hydrogens is 190 g/mol. The number of rotatable bonds is 2. The van der Waals surface area contributed by atoms with E-state index in [1.165, 1.54) is 15.5 Å². The van der Waals surface area contributed by atoms with Gasteiger partial charge in [0.05, 0.1) is 5.03 Å². The lowest BCUT2D eigenvalue weighted by Crippen LogP contribution is -1.87. The summed E-state index contributed by atoms with van der Waals surface area (Å²) in [7, 11) is 2.07. The molecule has 0 aliphatic rings. The Balaban J connectivity index is 2.28. The molecule has 0 atom stereocenters. The molecule has 1 heterocycles. The van der Waals surface area contributed by atoms with Gasteiger partial charge in [-0.15, -0.1) is 0 Å². The van der Waals surface area contributed by atoms with Gasteiger partial charge in [0.1, 0.15) is 0 Å². The largest absolute Gasteiger partial charge is 0.346 e. The first-order valence-corrected chi connectivity index (χ1v) is 5.44. The third-order valence-electron chi connectivity index (χ3n) is 2.20. The zero-order chi connectivity index (χ0) is 9.97. The average molecular weight is 203 g/mol. The zero-order valence-electron chi connectivity index (χ0n) is 8.40. The minimum absolute atomic E-state index is 1.28. The number of aromatic nitrogens is 1. The van der Waals surface area contributed by atoms with E-state index in [1.807, 2.05) is 11.8 Å². The van der Waals surface area contributed by atoms with Gasteiger partial charge in [-0.05, 0) is 30.7 Å². The summed E-state index contributed by atoms with van der Waals surface area (Å²) in [5, 5.41) is 1.28. The van der Waals surface area contributed by atoms with Gasteiger partial charge in [0.25, 0.3) is 0 Å². The molecule has 0 aliphatic carbocycles. The van der Waals surface area contributed by atoms with Crippen molar-refractivity contribution in [2.75, 3.05) is 0 Å². The van der Waals surface area contributed by atoms with Crippen molar-refractivity contribution in [3.8, 4) is 0 Å². The number of aryl methyl sites for hydroxylation is 2. The molecule has 0 fully saturated rings. The van der Waals surface area contributed by atoms with Crippen molar-refractivity contribution < 1.29 is 0 Å². The van der Waals surface area contributed by atoms with Crippen LogP contribution in [0, 0.1) is 6.92 Å². The molecule has 0 spiro atoms. The van der Waals surface area contributed by atoms with Crippen LogP contribution in [0.5, 0.6) is 0 Å². The van der Waals surface area contributed by atoms with E-state index in [4.69, 9.17) is 0 Å². The standard InChI is InChI=1S/C12H13NS/c1-10-6-3-4-7-11(10)14-12-8-5-9-13(12)2/h3-9H,1-2H3. The molecule has 0 unspecified atom stereocenters. The van der Waals surface area contributed by atoms with Crippen LogP contribution in [0.2, 0.25) is 0 Å². The number of hydrogen-bond donors (Lipinski definition) is 0. The molecule has 0 saturated carbocycles. The third-order valence-corrected chi connectivity index (χ3v) is 3.52. The highest BCUT2D eigenvalue weighted by Gasteiger charge is 2.01. The average Bonchev–Trinajstić information content (AvgIpc) is 2.56. The Kier molecular flexibility index (Phi) is 2.64. The van der Waals surface area contributed by atoms with Gasteiger partial charge in [-0.3, -0.25) is 0 Å². The van der Waals surface area contributed by atoms with Crippen molar-refractivity contribution >= 4 is 11.8 Å². The molecule has 14 heavy (non-hydrogen) atoms. The van der Waals surface area contributed by atoms with E-state index in [2.05, 4.69) is 61.1 Å². The SMILES string of the molecule is Cc1ccccc1Sc1cccn1C. The lowest BCUT2D eigenvalue weighted by molar-refractivity contribution is 0.829. The second kappa shape index (κ2) is 3.93. The lowest BCUT2D eigenvalue weighted by atomic mass is 10.2. The van der Waals surface area contributed by atoms with Crippen LogP contribution in [0.25, 0.3) is 0 Å². The number of benzene rings is 1. The maximum Gasteiger partial charge on any atom is 0.0793 e. The summed E-state index contributed by atoms with van der Waals surface area (Å²) in [6.45, 7) is 2.14. The summed E-state index contributed by atoms with van der Waals surface area (Å²) in [5.41, 5.74) is 1.33. The molecule has 72 valence electrons. The predicted molar refractivity (Wildman–Crippen MR) is 60.7 cm³/mol. The molecule has 0 radical (unpaired) electrons. The van der Waals surface area contributed by atoms with Crippen molar-refractivity contribution in [2.24, 2.45) is 7.05 Å². The minimum atomic E-state index is 1.28. The summed E-state index contributed by atoms with van der Waals surface area (Å²) < 4.78 is 2.14. The van der Waals surface area contributed by atoms with Gasteiger partial charge in [-0.2, -0.15) is 0 Å². The Morgan fingerprint density at radius 2 is 1.86 bits per heavy atom. The maximum absolute atomic E-state index is 2.16. The lowest BCUT2D eigenvalue weighted by Gasteiger charge is -2.05. The molecule has 0 aliphatic heterocycles. The van der Waals surface area contributed by atoms with Crippen LogP contribution in [-0.2, 0) is 7.05 Å². The smallest absolute Gasteiger partial charge is 0.0793 e. The summed E-state index contributed by atoms with van der Waals surface area (Å²) >= 11 is 1.81. The fourth-order valence-corrected chi connectivity index (χ4v) is 2.29. The summed E-state index contributed by atoms with van der Waals surface area (Å²) in [5.74, 6) is 0. The van der Waals surface area contributed by atoms with Crippen molar-refractivity contribution in [1.29, 1.82) is 0 Å². The summed E-state index contributed by atoms with van der Waals surface area (Å²) in [4.78, 5) is 1.33. The Labute approximate surface area is 88.8 Å². The van der Waals surface area contributed by atoms with E-state index < -0.39 is 0 Å². The fraction of sp³-hybridized carbons (Fsp3) is 0.167. The van der Waals surface area contributed by atoms with Crippen LogP contribution in [0.3, 0.4) is 0 Å². The zero-order valence-corrected chi connectivity index (χ0v) is 9.21. The molecule has 0 amide bonds. The highest BCUT2D eigenvalue weighted by atomic mass is 32.2. The molecule has 0 bridgehead atoms. The van der Waals surface area contributed by atoms with Gasteiger partial charge in [0, 0.05) is 18.1 Å². The van der Waals surface area contributed by atoms with Crippen molar-refractivity contribution in [1.82, 2.24) is 4.57 Å². The first-order valence-electron chi connectivity index (χ1n) is 4.62.